The number of halogens is 1. The molecule has 2 fully saturated rings. The van der Waals surface area contributed by atoms with Crippen LogP contribution < -0.4 is 10.1 Å². The van der Waals surface area contributed by atoms with Crippen LogP contribution in [0, 0.1) is 0 Å². The van der Waals surface area contributed by atoms with E-state index in [1.54, 1.807) is 29.2 Å². The summed E-state index contributed by atoms with van der Waals surface area (Å²) in [4.78, 5) is 17.4. The lowest BCUT2D eigenvalue weighted by molar-refractivity contribution is 0.0598. The van der Waals surface area contributed by atoms with Crippen molar-refractivity contribution in [2.45, 2.75) is 30.4 Å². The van der Waals surface area contributed by atoms with Gasteiger partial charge in [-0.15, -0.1) is 0 Å². The molecule has 2 saturated heterocycles. The second kappa shape index (κ2) is 11.5. The Morgan fingerprint density at radius 3 is 2.39 bits per heavy atom. The maximum atomic E-state index is 13.0. The average Bonchev–Trinajstić information content (AvgIpc) is 3.41. The van der Waals surface area contributed by atoms with E-state index in [2.05, 4.69) is 16.3 Å². The number of nitrogens with one attached hydrogen (secondary N) is 1. The van der Waals surface area contributed by atoms with Gasteiger partial charge in [-0.25, -0.2) is 8.42 Å². The fraction of sp³-hybridized carbons (Fsp3) is 0.393. The fourth-order valence-corrected chi connectivity index (χ4v) is 5.71. The number of piperidine rings is 1. The average molecular weight is 558 g/mol. The number of piperazine rings is 1. The highest BCUT2D eigenvalue weighted by molar-refractivity contribution is 7.90. The molecule has 2 aromatic carbocycles. The molecule has 0 spiro atoms. The Morgan fingerprint density at radius 1 is 1.03 bits per heavy atom. The standard InChI is InChI=1S/C28H32ClN3O5S/c1-38(34,35)23-5-3-21(4-6-23)25-8-9-27(37-25)28(33)32-16-14-31(15-17-32)19-20-2-7-26(24(29)18-20)36-22-10-12-30-13-11-22/h2-9,18,22,30H,10-17,19H2,1H3. The third kappa shape index (κ3) is 6.40. The van der Waals surface area contributed by atoms with E-state index in [0.717, 1.165) is 56.9 Å². The smallest absolute Gasteiger partial charge is 0.289 e. The zero-order valence-electron chi connectivity index (χ0n) is 21.4. The quantitative estimate of drug-likeness (QED) is 0.468. The molecule has 0 radical (unpaired) electrons. The van der Waals surface area contributed by atoms with E-state index in [1.165, 1.54) is 18.4 Å². The highest BCUT2D eigenvalue weighted by Crippen LogP contribution is 2.29. The van der Waals surface area contributed by atoms with Crippen LogP contribution in [0.1, 0.15) is 29.0 Å². The van der Waals surface area contributed by atoms with Crippen molar-refractivity contribution in [3.05, 3.63) is 70.9 Å². The van der Waals surface area contributed by atoms with Crippen molar-refractivity contribution in [2.24, 2.45) is 0 Å². The molecule has 5 rings (SSSR count). The normalized spacial score (nSPS) is 17.5. The summed E-state index contributed by atoms with van der Waals surface area (Å²) >= 11 is 6.52. The van der Waals surface area contributed by atoms with E-state index in [-0.39, 0.29) is 22.7 Å². The Morgan fingerprint density at radius 2 is 1.74 bits per heavy atom. The van der Waals surface area contributed by atoms with Crippen LogP contribution in [-0.2, 0) is 16.4 Å². The van der Waals surface area contributed by atoms with Crippen molar-refractivity contribution in [3.8, 4) is 17.1 Å². The number of hydrogen-bond acceptors (Lipinski definition) is 7. The number of carbonyl (C=O) groups is 1. The minimum atomic E-state index is -3.27. The molecule has 0 atom stereocenters. The Kier molecular flexibility index (Phi) is 8.09. The molecular formula is C28H32ClN3O5S. The van der Waals surface area contributed by atoms with Crippen LogP contribution in [0.2, 0.25) is 5.02 Å². The summed E-state index contributed by atoms with van der Waals surface area (Å²) in [5.74, 6) is 1.39. The molecule has 3 aromatic rings. The van der Waals surface area contributed by atoms with Gasteiger partial charge in [-0.05, 0) is 80.0 Å². The van der Waals surface area contributed by atoms with Crippen LogP contribution in [0.4, 0.5) is 0 Å². The summed E-state index contributed by atoms with van der Waals surface area (Å²) in [6.45, 7) is 5.39. The number of furan rings is 1. The molecular weight excluding hydrogens is 526 g/mol. The first-order valence-electron chi connectivity index (χ1n) is 12.8. The van der Waals surface area contributed by atoms with Gasteiger partial charge < -0.3 is 19.4 Å². The number of benzene rings is 2. The number of rotatable bonds is 7. The van der Waals surface area contributed by atoms with Crippen LogP contribution in [0.5, 0.6) is 5.75 Å². The minimum Gasteiger partial charge on any atom is -0.489 e. The monoisotopic (exact) mass is 557 g/mol. The lowest BCUT2D eigenvalue weighted by Crippen LogP contribution is -2.48. The highest BCUT2D eigenvalue weighted by atomic mass is 35.5. The highest BCUT2D eigenvalue weighted by Gasteiger charge is 2.25. The number of carbonyl (C=O) groups excluding carboxylic acids is 1. The molecule has 1 amide bonds. The number of amides is 1. The minimum absolute atomic E-state index is 0.147. The van der Waals surface area contributed by atoms with Gasteiger partial charge in [-0.3, -0.25) is 9.69 Å². The van der Waals surface area contributed by atoms with E-state index >= 15 is 0 Å². The Labute approximate surface area is 228 Å². The van der Waals surface area contributed by atoms with Crippen LogP contribution >= 0.6 is 11.6 Å². The first kappa shape index (κ1) is 26.7. The molecule has 38 heavy (non-hydrogen) atoms. The SMILES string of the molecule is CS(=O)(=O)c1ccc(-c2ccc(C(=O)N3CCN(Cc4ccc(OC5CCNCC5)c(Cl)c4)CC3)o2)cc1. The molecule has 0 saturated carbocycles. The van der Waals surface area contributed by atoms with Gasteiger partial charge in [0.1, 0.15) is 17.6 Å². The lowest BCUT2D eigenvalue weighted by atomic mass is 10.1. The molecule has 0 unspecified atom stereocenters. The van der Waals surface area contributed by atoms with Gasteiger partial charge >= 0.3 is 0 Å². The largest absolute Gasteiger partial charge is 0.489 e. The summed E-state index contributed by atoms with van der Waals surface area (Å²) in [5.41, 5.74) is 1.83. The van der Waals surface area contributed by atoms with Gasteiger partial charge in [0.05, 0.1) is 9.92 Å². The third-order valence-electron chi connectivity index (χ3n) is 7.03. The van der Waals surface area contributed by atoms with E-state index in [1.807, 2.05) is 12.1 Å². The Balaban J connectivity index is 1.14. The van der Waals surface area contributed by atoms with Crippen molar-refractivity contribution in [1.82, 2.24) is 15.1 Å². The van der Waals surface area contributed by atoms with E-state index in [4.69, 9.17) is 20.8 Å². The van der Waals surface area contributed by atoms with Gasteiger partial charge in [0.25, 0.3) is 5.91 Å². The topological polar surface area (TPSA) is 92.1 Å². The fourth-order valence-electron chi connectivity index (χ4n) is 4.83. The molecule has 0 bridgehead atoms. The number of sulfone groups is 1. The Bertz CT molecular complexity index is 1380. The predicted octanol–water partition coefficient (Wildman–Crippen LogP) is 4.09. The van der Waals surface area contributed by atoms with Crippen LogP contribution in [-0.4, -0.2) is 75.8 Å². The number of hydrogen-bond donors (Lipinski definition) is 1. The van der Waals surface area contributed by atoms with Crippen LogP contribution in [0.25, 0.3) is 11.3 Å². The first-order chi connectivity index (χ1) is 18.3. The van der Waals surface area contributed by atoms with Crippen molar-refractivity contribution in [3.63, 3.8) is 0 Å². The molecule has 2 aliphatic rings. The van der Waals surface area contributed by atoms with Crippen molar-refractivity contribution < 1.29 is 22.4 Å². The summed E-state index contributed by atoms with van der Waals surface area (Å²) in [6.07, 6.45) is 3.34. The predicted molar refractivity (Wildman–Crippen MR) is 146 cm³/mol. The molecule has 202 valence electrons. The second-order valence-corrected chi connectivity index (χ2v) is 12.3. The van der Waals surface area contributed by atoms with Crippen LogP contribution in [0.15, 0.2) is 63.9 Å². The van der Waals surface area contributed by atoms with E-state index < -0.39 is 9.84 Å². The summed E-state index contributed by atoms with van der Waals surface area (Å²) in [6, 6.07) is 15.8. The molecule has 2 aliphatic heterocycles. The third-order valence-corrected chi connectivity index (χ3v) is 8.45. The molecule has 10 heteroatoms. The van der Waals surface area contributed by atoms with Crippen LogP contribution in [0.3, 0.4) is 0 Å². The van der Waals surface area contributed by atoms with Gasteiger partial charge in [0.15, 0.2) is 15.6 Å². The number of ether oxygens (including phenoxy) is 1. The van der Waals surface area contributed by atoms with Crippen molar-refractivity contribution >= 4 is 27.3 Å². The summed E-state index contributed by atoms with van der Waals surface area (Å²) in [7, 11) is -3.27. The number of nitrogens with zero attached hydrogens (tertiary/aromatic N) is 2. The maximum Gasteiger partial charge on any atom is 0.289 e. The molecule has 1 N–H and O–H groups in total. The zero-order valence-corrected chi connectivity index (χ0v) is 22.9. The van der Waals surface area contributed by atoms with Crippen molar-refractivity contribution in [2.75, 3.05) is 45.5 Å². The van der Waals surface area contributed by atoms with Gasteiger partial charge in [0.2, 0.25) is 0 Å². The summed E-state index contributed by atoms with van der Waals surface area (Å²) < 4.78 is 35.3. The van der Waals surface area contributed by atoms with Gasteiger partial charge in [0, 0.05) is 44.5 Å². The maximum absolute atomic E-state index is 13.0. The zero-order chi connectivity index (χ0) is 26.7. The lowest BCUT2D eigenvalue weighted by Gasteiger charge is -2.34. The molecule has 1 aromatic heterocycles. The second-order valence-electron chi connectivity index (χ2n) is 9.86. The first-order valence-corrected chi connectivity index (χ1v) is 15.1. The molecule has 8 nitrogen and oxygen atoms in total. The summed E-state index contributed by atoms with van der Waals surface area (Å²) in [5, 5.41) is 3.97. The molecule has 0 aliphatic carbocycles. The van der Waals surface area contributed by atoms with Gasteiger partial charge in [-0.1, -0.05) is 17.7 Å². The van der Waals surface area contributed by atoms with Gasteiger partial charge in [-0.2, -0.15) is 0 Å². The van der Waals surface area contributed by atoms with E-state index in [0.29, 0.717) is 29.4 Å². The Hall–Kier alpha value is -2.85. The molecule has 3 heterocycles. The van der Waals surface area contributed by atoms with E-state index in [9.17, 15) is 13.2 Å². The van der Waals surface area contributed by atoms with Crippen molar-refractivity contribution in [1.29, 1.82) is 0 Å².